The number of benzene rings is 3. The number of nitrogens with one attached hydrogen (secondary N) is 4. The summed E-state index contributed by atoms with van der Waals surface area (Å²) < 4.78 is 0. The quantitative estimate of drug-likeness (QED) is 0.480. The number of carbonyl (C=O) groups excluding carboxylic acids is 2. The van der Waals surface area contributed by atoms with Gasteiger partial charge in [0.1, 0.15) is 0 Å². The van der Waals surface area contributed by atoms with Crippen molar-refractivity contribution >= 4 is 29.1 Å². The Bertz CT molecular complexity index is 1000. The number of hydrogen-bond donors (Lipinski definition) is 4. The first kappa shape index (κ1) is 19.9. The molecule has 0 spiro atoms. The van der Waals surface area contributed by atoms with Crippen molar-refractivity contribution < 1.29 is 9.59 Å². The third-order valence-corrected chi connectivity index (χ3v) is 4.35. The summed E-state index contributed by atoms with van der Waals surface area (Å²) in [6, 6.07) is 21.6. The van der Waals surface area contributed by atoms with Crippen LogP contribution in [0.3, 0.4) is 0 Å². The maximum absolute atomic E-state index is 12.2. The zero-order valence-corrected chi connectivity index (χ0v) is 16.5. The normalized spacial score (nSPS) is 10.1. The van der Waals surface area contributed by atoms with Gasteiger partial charge in [0, 0.05) is 23.6 Å². The van der Waals surface area contributed by atoms with Crippen LogP contribution >= 0.6 is 0 Å². The highest BCUT2D eigenvalue weighted by Gasteiger charge is 2.06. The lowest BCUT2D eigenvalue weighted by molar-refractivity contribution is 0.251. The summed E-state index contributed by atoms with van der Waals surface area (Å²) in [5, 5.41) is 11.1. The summed E-state index contributed by atoms with van der Waals surface area (Å²) in [7, 11) is 0. The molecule has 0 aliphatic rings. The maximum atomic E-state index is 12.2. The SMILES string of the molecule is Cc1ccc(CNC(=O)Nc2cccc(NC(=O)Nc3ccccc3)c2)c(C)c1. The lowest BCUT2D eigenvalue weighted by atomic mass is 10.1. The second kappa shape index (κ2) is 9.41. The Morgan fingerprint density at radius 1 is 0.690 bits per heavy atom. The van der Waals surface area contributed by atoms with Crippen LogP contribution in [0.25, 0.3) is 0 Å². The first-order chi connectivity index (χ1) is 14.0. The smallest absolute Gasteiger partial charge is 0.323 e. The van der Waals surface area contributed by atoms with Gasteiger partial charge in [-0.05, 0) is 55.3 Å². The fraction of sp³-hybridized carbons (Fsp3) is 0.130. The van der Waals surface area contributed by atoms with Crippen molar-refractivity contribution in [3.05, 3.63) is 89.5 Å². The van der Waals surface area contributed by atoms with Gasteiger partial charge in [-0.3, -0.25) is 0 Å². The van der Waals surface area contributed by atoms with E-state index in [0.29, 0.717) is 23.6 Å². The van der Waals surface area contributed by atoms with E-state index in [9.17, 15) is 9.59 Å². The molecule has 0 aliphatic carbocycles. The molecule has 0 saturated carbocycles. The number of amides is 4. The highest BCUT2D eigenvalue weighted by atomic mass is 16.2. The first-order valence-corrected chi connectivity index (χ1v) is 9.34. The van der Waals surface area contributed by atoms with E-state index >= 15 is 0 Å². The molecule has 29 heavy (non-hydrogen) atoms. The predicted molar refractivity (Wildman–Crippen MR) is 117 cm³/mol. The van der Waals surface area contributed by atoms with Gasteiger partial charge in [0.25, 0.3) is 0 Å². The first-order valence-electron chi connectivity index (χ1n) is 9.34. The minimum atomic E-state index is -0.354. The number of rotatable bonds is 5. The van der Waals surface area contributed by atoms with Crippen molar-refractivity contribution in [2.75, 3.05) is 16.0 Å². The van der Waals surface area contributed by atoms with Crippen LogP contribution < -0.4 is 21.3 Å². The van der Waals surface area contributed by atoms with E-state index < -0.39 is 0 Å². The molecule has 4 amide bonds. The van der Waals surface area contributed by atoms with Crippen LogP contribution in [-0.2, 0) is 6.54 Å². The van der Waals surface area contributed by atoms with Crippen molar-refractivity contribution in [1.29, 1.82) is 0 Å². The van der Waals surface area contributed by atoms with Crippen LogP contribution in [0.1, 0.15) is 16.7 Å². The number of aryl methyl sites for hydroxylation is 2. The Morgan fingerprint density at radius 2 is 1.31 bits per heavy atom. The van der Waals surface area contributed by atoms with Gasteiger partial charge >= 0.3 is 12.1 Å². The van der Waals surface area contributed by atoms with Crippen LogP contribution in [0, 0.1) is 13.8 Å². The van der Waals surface area contributed by atoms with E-state index in [1.807, 2.05) is 44.2 Å². The summed E-state index contributed by atoms with van der Waals surface area (Å²) in [6.45, 7) is 4.50. The average Bonchev–Trinajstić information content (AvgIpc) is 2.68. The molecule has 0 heterocycles. The molecule has 4 N–H and O–H groups in total. The summed E-state index contributed by atoms with van der Waals surface area (Å²) in [5.74, 6) is 0. The van der Waals surface area contributed by atoms with Gasteiger partial charge in [0.15, 0.2) is 0 Å². The van der Waals surface area contributed by atoms with Crippen molar-refractivity contribution in [2.45, 2.75) is 20.4 Å². The summed E-state index contributed by atoms with van der Waals surface area (Å²) >= 11 is 0. The third kappa shape index (κ3) is 6.10. The number of para-hydroxylation sites is 1. The van der Waals surface area contributed by atoms with Crippen LogP contribution in [0.5, 0.6) is 0 Å². The van der Waals surface area contributed by atoms with Crippen molar-refractivity contribution in [2.24, 2.45) is 0 Å². The molecule has 0 fully saturated rings. The number of urea groups is 2. The molecule has 0 radical (unpaired) electrons. The average molecular weight is 388 g/mol. The van der Waals surface area contributed by atoms with E-state index in [1.165, 1.54) is 5.56 Å². The molecule has 0 aliphatic heterocycles. The number of anilines is 3. The zero-order chi connectivity index (χ0) is 20.6. The Kier molecular flexibility index (Phi) is 6.47. The van der Waals surface area contributed by atoms with Gasteiger partial charge in [0.05, 0.1) is 0 Å². The monoisotopic (exact) mass is 388 g/mol. The van der Waals surface area contributed by atoms with Crippen LogP contribution in [0.4, 0.5) is 26.7 Å². The van der Waals surface area contributed by atoms with Gasteiger partial charge in [-0.25, -0.2) is 9.59 Å². The van der Waals surface area contributed by atoms with Gasteiger partial charge in [-0.15, -0.1) is 0 Å². The standard InChI is InChI=1S/C23H24N4O2/c1-16-11-12-18(17(2)13-16)15-24-22(28)26-20-9-6-10-21(14-20)27-23(29)25-19-7-4-3-5-8-19/h3-14H,15H2,1-2H3,(H2,24,26,28)(H2,25,27,29). The minimum absolute atomic E-state index is 0.309. The molecule has 3 aromatic rings. The molecular weight excluding hydrogens is 364 g/mol. The van der Waals surface area contributed by atoms with Crippen LogP contribution in [-0.4, -0.2) is 12.1 Å². The lowest BCUT2D eigenvalue weighted by Crippen LogP contribution is -2.28. The van der Waals surface area contributed by atoms with Crippen molar-refractivity contribution in [3.8, 4) is 0 Å². The van der Waals surface area contributed by atoms with E-state index in [0.717, 1.165) is 11.1 Å². The molecule has 148 valence electrons. The Balaban J connectivity index is 1.53. The van der Waals surface area contributed by atoms with Crippen molar-refractivity contribution in [1.82, 2.24) is 5.32 Å². The Morgan fingerprint density at radius 3 is 2.00 bits per heavy atom. The van der Waals surface area contributed by atoms with Gasteiger partial charge in [-0.1, -0.05) is 48.0 Å². The molecule has 6 nitrogen and oxygen atoms in total. The summed E-state index contributed by atoms with van der Waals surface area (Å²) in [6.07, 6.45) is 0. The Hall–Kier alpha value is -3.80. The van der Waals surface area contributed by atoms with E-state index in [2.05, 4.69) is 27.3 Å². The molecule has 0 atom stereocenters. The molecule has 3 rings (SSSR count). The second-order valence-corrected chi connectivity index (χ2v) is 6.76. The molecule has 6 heteroatoms. The minimum Gasteiger partial charge on any atom is -0.334 e. The lowest BCUT2D eigenvalue weighted by Gasteiger charge is -2.12. The fourth-order valence-corrected chi connectivity index (χ4v) is 2.88. The molecule has 3 aromatic carbocycles. The van der Waals surface area contributed by atoms with Crippen molar-refractivity contribution in [3.63, 3.8) is 0 Å². The topological polar surface area (TPSA) is 82.3 Å². The highest BCUT2D eigenvalue weighted by Crippen LogP contribution is 2.16. The highest BCUT2D eigenvalue weighted by molar-refractivity contribution is 6.00. The van der Waals surface area contributed by atoms with Gasteiger partial charge in [0.2, 0.25) is 0 Å². The Labute approximate surface area is 170 Å². The number of carbonyl (C=O) groups is 2. The number of hydrogen-bond acceptors (Lipinski definition) is 2. The summed E-state index contributed by atoms with van der Waals surface area (Å²) in [5.41, 5.74) is 5.26. The van der Waals surface area contributed by atoms with Gasteiger partial charge < -0.3 is 21.3 Å². The maximum Gasteiger partial charge on any atom is 0.323 e. The fourth-order valence-electron chi connectivity index (χ4n) is 2.88. The molecule has 0 aromatic heterocycles. The zero-order valence-electron chi connectivity index (χ0n) is 16.5. The molecule has 0 bridgehead atoms. The summed E-state index contributed by atoms with van der Waals surface area (Å²) in [4.78, 5) is 24.3. The van der Waals surface area contributed by atoms with Gasteiger partial charge in [-0.2, -0.15) is 0 Å². The van der Waals surface area contributed by atoms with E-state index in [4.69, 9.17) is 0 Å². The van der Waals surface area contributed by atoms with E-state index in [1.54, 1.807) is 36.4 Å². The molecule has 0 unspecified atom stereocenters. The molecule has 0 saturated heterocycles. The predicted octanol–water partition coefficient (Wildman–Crippen LogP) is 5.27. The third-order valence-electron chi connectivity index (χ3n) is 4.35. The van der Waals surface area contributed by atoms with Crippen LogP contribution in [0.2, 0.25) is 0 Å². The molecular formula is C23H24N4O2. The van der Waals surface area contributed by atoms with E-state index in [-0.39, 0.29) is 12.1 Å². The second-order valence-electron chi connectivity index (χ2n) is 6.76. The van der Waals surface area contributed by atoms with Crippen LogP contribution in [0.15, 0.2) is 72.8 Å². The largest absolute Gasteiger partial charge is 0.334 e.